The minimum absolute atomic E-state index is 0.0952. The Morgan fingerprint density at radius 1 is 1.00 bits per heavy atom. The number of morpholine rings is 1. The molecule has 1 aliphatic carbocycles. The molecule has 224 valence electrons. The van der Waals surface area contributed by atoms with Crippen LogP contribution in [-0.2, 0) is 27.9 Å². The fourth-order valence-electron chi connectivity index (χ4n) is 6.68. The zero-order valence-electron chi connectivity index (χ0n) is 24.3. The lowest BCUT2D eigenvalue weighted by Crippen LogP contribution is -2.50. The first-order chi connectivity index (χ1) is 20.2. The number of aromatic nitrogens is 1. The summed E-state index contributed by atoms with van der Waals surface area (Å²) in [7, 11) is -1.18. The number of hydrogen-bond acceptors (Lipinski definition) is 5. The van der Waals surface area contributed by atoms with Gasteiger partial charge in [0.05, 0.1) is 24.9 Å². The molecule has 1 saturated heterocycles. The maximum Gasteiger partial charge on any atom is 0.317 e. The maximum atomic E-state index is 13.3. The van der Waals surface area contributed by atoms with Crippen LogP contribution in [0.3, 0.4) is 0 Å². The zero-order chi connectivity index (χ0) is 29.4. The van der Waals surface area contributed by atoms with Gasteiger partial charge in [-0.05, 0) is 48.4 Å². The molecule has 1 atom stereocenters. The summed E-state index contributed by atoms with van der Waals surface area (Å²) in [6.45, 7) is 2.73. The van der Waals surface area contributed by atoms with Gasteiger partial charge < -0.3 is 19.5 Å². The second-order valence-electron chi connectivity index (χ2n) is 11.8. The highest BCUT2D eigenvalue weighted by atomic mass is 32.2. The van der Waals surface area contributed by atoms with E-state index in [0.717, 1.165) is 39.3 Å². The zero-order valence-corrected chi connectivity index (χ0v) is 25.1. The van der Waals surface area contributed by atoms with Gasteiger partial charge in [-0.25, -0.2) is 9.52 Å². The number of hydrogen-bond donors (Lipinski definition) is 2. The third-order valence-electron chi connectivity index (χ3n) is 8.85. The Balaban J connectivity index is 1.47. The van der Waals surface area contributed by atoms with Crippen LogP contribution in [0.1, 0.15) is 59.5 Å². The third-order valence-corrected chi connectivity index (χ3v) is 10.3. The van der Waals surface area contributed by atoms with Crippen LogP contribution in [0.4, 0.5) is 4.79 Å². The highest BCUT2D eigenvalue weighted by Gasteiger charge is 2.32. The molecular weight excluding hydrogens is 554 g/mol. The molecule has 0 spiro atoms. The van der Waals surface area contributed by atoms with E-state index in [1.54, 1.807) is 17.0 Å². The number of benzene rings is 2. The number of nitrogens with one attached hydrogen (secondary N) is 2. The van der Waals surface area contributed by atoms with E-state index in [4.69, 9.17) is 4.74 Å². The first kappa shape index (κ1) is 28.7. The van der Waals surface area contributed by atoms with Crippen LogP contribution in [0.25, 0.3) is 22.2 Å². The van der Waals surface area contributed by atoms with E-state index in [9.17, 15) is 18.0 Å². The largest absolute Gasteiger partial charge is 0.378 e. The highest BCUT2D eigenvalue weighted by Crippen LogP contribution is 2.46. The minimum atomic E-state index is -3.94. The van der Waals surface area contributed by atoms with Gasteiger partial charge in [-0.3, -0.25) is 4.79 Å². The summed E-state index contributed by atoms with van der Waals surface area (Å²) >= 11 is 0. The molecule has 1 saturated carbocycles. The molecule has 3 amide bonds. The van der Waals surface area contributed by atoms with Crippen LogP contribution in [0.15, 0.2) is 42.5 Å². The summed E-state index contributed by atoms with van der Waals surface area (Å²) in [5.41, 5.74) is 5.92. The molecule has 1 unspecified atom stereocenters. The van der Waals surface area contributed by atoms with Gasteiger partial charge >= 0.3 is 16.2 Å². The predicted molar refractivity (Wildman–Crippen MR) is 162 cm³/mol. The average molecular weight is 594 g/mol. The van der Waals surface area contributed by atoms with Gasteiger partial charge in [0.15, 0.2) is 0 Å². The van der Waals surface area contributed by atoms with Gasteiger partial charge in [-0.15, -0.1) is 0 Å². The van der Waals surface area contributed by atoms with E-state index in [1.165, 1.54) is 44.5 Å². The maximum absolute atomic E-state index is 13.3. The van der Waals surface area contributed by atoms with Crippen LogP contribution < -0.4 is 10.0 Å². The van der Waals surface area contributed by atoms with E-state index in [1.807, 2.05) is 12.1 Å². The molecule has 2 N–H and O–H groups in total. The first-order valence-corrected chi connectivity index (χ1v) is 16.3. The quantitative estimate of drug-likeness (QED) is 0.467. The number of urea groups is 1. The lowest BCUT2D eigenvalue weighted by molar-refractivity contribution is 0.0524. The smallest absolute Gasteiger partial charge is 0.317 e. The van der Waals surface area contributed by atoms with Crippen LogP contribution in [0, 0.1) is 0 Å². The summed E-state index contributed by atoms with van der Waals surface area (Å²) in [4.78, 5) is 28.2. The predicted octanol–water partition coefficient (Wildman–Crippen LogP) is 3.86. The molecule has 2 aromatic carbocycles. The fourth-order valence-corrected chi connectivity index (χ4v) is 7.21. The Morgan fingerprint density at radius 3 is 2.48 bits per heavy atom. The number of carbonyl (C=O) groups is 2. The molecule has 0 radical (unpaired) electrons. The average Bonchev–Trinajstić information content (AvgIpc) is 3.21. The summed E-state index contributed by atoms with van der Waals surface area (Å²) in [5, 5.41) is 4.37. The normalized spacial score (nSPS) is 19.7. The van der Waals surface area contributed by atoms with Crippen molar-refractivity contribution in [3.05, 3.63) is 59.2 Å². The second kappa shape index (κ2) is 11.7. The van der Waals surface area contributed by atoms with Crippen molar-refractivity contribution < 1.29 is 22.7 Å². The van der Waals surface area contributed by atoms with E-state index in [-0.39, 0.29) is 17.6 Å². The van der Waals surface area contributed by atoms with Crippen molar-refractivity contribution in [1.29, 1.82) is 0 Å². The number of amides is 3. The van der Waals surface area contributed by atoms with Crippen molar-refractivity contribution in [2.24, 2.45) is 0 Å². The molecule has 3 aliphatic rings. The third kappa shape index (κ3) is 5.52. The van der Waals surface area contributed by atoms with E-state index >= 15 is 0 Å². The van der Waals surface area contributed by atoms with E-state index < -0.39 is 16.1 Å². The molecule has 3 heterocycles. The number of ether oxygens (including phenoxy) is 1. The van der Waals surface area contributed by atoms with Gasteiger partial charge in [0.25, 0.3) is 5.91 Å². The molecule has 1 aromatic heterocycles. The summed E-state index contributed by atoms with van der Waals surface area (Å²) in [6, 6.07) is 13.6. The van der Waals surface area contributed by atoms with Crippen LogP contribution >= 0.6 is 0 Å². The van der Waals surface area contributed by atoms with Crippen molar-refractivity contribution in [3.8, 4) is 11.3 Å². The van der Waals surface area contributed by atoms with Crippen LogP contribution in [0.5, 0.6) is 0 Å². The SMILES string of the molecule is CN(C)S(=O)(=O)NC(=O)c1ccc2c(C3CCCCC3)c3n(c2c1)CC(NC(=O)N1CCOCC1)Cc1ccccc1-3. The minimum Gasteiger partial charge on any atom is -0.378 e. The van der Waals surface area contributed by atoms with E-state index in [0.29, 0.717) is 45.2 Å². The Labute approximate surface area is 247 Å². The molecule has 3 aromatic rings. The van der Waals surface area contributed by atoms with Crippen molar-refractivity contribution in [1.82, 2.24) is 23.8 Å². The molecule has 2 fully saturated rings. The van der Waals surface area contributed by atoms with Gasteiger partial charge in [0, 0.05) is 55.8 Å². The highest BCUT2D eigenvalue weighted by molar-refractivity contribution is 7.87. The number of nitrogens with zero attached hydrogens (tertiary/aromatic N) is 3. The van der Waals surface area contributed by atoms with Crippen LogP contribution in [0.2, 0.25) is 0 Å². The molecule has 11 heteroatoms. The van der Waals surface area contributed by atoms with E-state index in [2.05, 4.69) is 32.8 Å². The lowest BCUT2D eigenvalue weighted by atomic mass is 9.81. The molecule has 6 rings (SSSR count). The van der Waals surface area contributed by atoms with Crippen molar-refractivity contribution >= 4 is 33.1 Å². The second-order valence-corrected chi connectivity index (χ2v) is 13.7. The number of carbonyl (C=O) groups excluding carboxylic acids is 2. The van der Waals surface area contributed by atoms with Gasteiger partial charge in [-0.1, -0.05) is 49.6 Å². The van der Waals surface area contributed by atoms with Crippen LogP contribution in [-0.4, -0.2) is 80.6 Å². The molecule has 42 heavy (non-hydrogen) atoms. The Hall–Kier alpha value is -3.41. The van der Waals surface area contributed by atoms with Crippen molar-refractivity contribution in [3.63, 3.8) is 0 Å². The molecular formula is C31H39N5O5S. The van der Waals surface area contributed by atoms with Crippen molar-refractivity contribution in [2.45, 2.75) is 57.0 Å². The monoisotopic (exact) mass is 593 g/mol. The number of fused-ring (bicyclic) bond motifs is 5. The van der Waals surface area contributed by atoms with Crippen molar-refractivity contribution in [2.75, 3.05) is 40.4 Å². The lowest BCUT2D eigenvalue weighted by Gasteiger charge is -2.29. The Kier molecular flexibility index (Phi) is 7.99. The van der Waals surface area contributed by atoms with Gasteiger partial charge in [-0.2, -0.15) is 12.7 Å². The van der Waals surface area contributed by atoms with Gasteiger partial charge in [0.1, 0.15) is 0 Å². The Bertz CT molecular complexity index is 1600. The molecule has 0 bridgehead atoms. The standard InChI is InChI=1S/C31H39N5O5S/c1-34(2)42(39,40)33-30(37)23-12-13-26-27(19-23)36-20-24(32-31(38)35-14-16-41-17-15-35)18-22-10-6-7-11-25(22)29(36)28(26)21-8-4-3-5-9-21/h6-7,10-13,19,21,24H,3-5,8-9,14-18,20H2,1-2H3,(H,32,38)(H,33,37). The summed E-state index contributed by atoms with van der Waals surface area (Å²) < 4.78 is 35.7. The number of rotatable bonds is 5. The summed E-state index contributed by atoms with van der Waals surface area (Å²) in [6.07, 6.45) is 6.49. The first-order valence-electron chi connectivity index (χ1n) is 14.8. The topological polar surface area (TPSA) is 113 Å². The molecule has 2 aliphatic heterocycles. The summed E-state index contributed by atoms with van der Waals surface area (Å²) in [5.74, 6) is -0.287. The molecule has 10 nitrogen and oxygen atoms in total. The Morgan fingerprint density at radius 2 is 1.74 bits per heavy atom. The fraction of sp³-hybridized carbons (Fsp3) is 0.484. The van der Waals surface area contributed by atoms with Gasteiger partial charge in [0.2, 0.25) is 0 Å².